The van der Waals surface area contributed by atoms with Gasteiger partial charge in [0, 0.05) is 53.4 Å². The molecule has 0 radical (unpaired) electrons. The van der Waals surface area contributed by atoms with Crippen molar-refractivity contribution in [3.63, 3.8) is 0 Å². The first kappa shape index (κ1) is 37.0. The van der Waals surface area contributed by atoms with Crippen LogP contribution >= 0.6 is 0 Å². The van der Waals surface area contributed by atoms with E-state index >= 15 is 0 Å². The van der Waals surface area contributed by atoms with Crippen LogP contribution in [0.1, 0.15) is 44.7 Å². The van der Waals surface area contributed by atoms with Gasteiger partial charge in [-0.25, -0.2) is 9.78 Å². The minimum absolute atomic E-state index is 0.00246. The molecule has 0 unspecified atom stereocenters. The number of methoxy groups -OCH3 is 2. The molecule has 276 valence electrons. The lowest BCUT2D eigenvalue weighted by molar-refractivity contribution is -0.134. The second-order valence-electron chi connectivity index (χ2n) is 13.6. The molecule has 1 saturated heterocycles. The Balaban J connectivity index is 1.23. The number of morpholine rings is 1. The number of rotatable bonds is 13. The Labute approximate surface area is 310 Å². The number of urea groups is 1. The van der Waals surface area contributed by atoms with Gasteiger partial charge in [-0.1, -0.05) is 63.6 Å². The van der Waals surface area contributed by atoms with Gasteiger partial charge in [-0.2, -0.15) is 0 Å². The normalized spacial score (nSPS) is 13.0. The molecule has 0 saturated carbocycles. The van der Waals surface area contributed by atoms with Gasteiger partial charge in [-0.05, 0) is 53.8 Å². The maximum Gasteiger partial charge on any atom is 0.323 e. The second kappa shape index (κ2) is 16.7. The fourth-order valence-electron chi connectivity index (χ4n) is 6.67. The van der Waals surface area contributed by atoms with Crippen molar-refractivity contribution in [2.75, 3.05) is 56.5 Å². The molecule has 53 heavy (non-hydrogen) atoms. The van der Waals surface area contributed by atoms with E-state index in [1.807, 2.05) is 83.8 Å². The molecule has 11 heteroatoms. The Morgan fingerprint density at radius 2 is 1.62 bits per heavy atom. The Hall–Kier alpha value is -5.81. The number of carbonyl (C=O) groups is 2. The van der Waals surface area contributed by atoms with E-state index < -0.39 is 6.03 Å². The van der Waals surface area contributed by atoms with Crippen LogP contribution in [0.25, 0.3) is 10.8 Å². The van der Waals surface area contributed by atoms with Crippen LogP contribution in [-0.4, -0.2) is 62.3 Å². The van der Waals surface area contributed by atoms with Crippen molar-refractivity contribution in [3.8, 4) is 23.0 Å². The molecule has 3 N–H and O–H groups in total. The highest BCUT2D eigenvalue weighted by Gasteiger charge is 2.26. The van der Waals surface area contributed by atoms with Crippen molar-refractivity contribution in [2.45, 2.75) is 45.4 Å². The zero-order valence-electron chi connectivity index (χ0n) is 31.0. The van der Waals surface area contributed by atoms with Gasteiger partial charge in [0.2, 0.25) is 5.91 Å². The lowest BCUT2D eigenvalue weighted by Gasteiger charge is -2.29. The molecule has 0 spiro atoms. The lowest BCUT2D eigenvalue weighted by Crippen LogP contribution is -2.41. The summed E-state index contributed by atoms with van der Waals surface area (Å²) in [6.45, 7) is 8.65. The van der Waals surface area contributed by atoms with Crippen molar-refractivity contribution in [3.05, 3.63) is 102 Å². The summed E-state index contributed by atoms with van der Waals surface area (Å²) in [5, 5.41) is 11.0. The molecular formula is C42H47N5O6. The molecule has 3 amide bonds. The molecular weight excluding hydrogens is 670 g/mol. The maximum atomic E-state index is 13.7. The number of ether oxygens (including phenoxy) is 4. The number of aromatic nitrogens is 1. The summed E-state index contributed by atoms with van der Waals surface area (Å²) in [7, 11) is 3.19. The van der Waals surface area contributed by atoms with E-state index in [0.717, 1.165) is 46.2 Å². The molecule has 1 fully saturated rings. The average Bonchev–Trinajstić information content (AvgIpc) is 3.16. The number of nitrogens with zero attached hydrogens (tertiary/aromatic N) is 2. The highest BCUT2D eigenvalue weighted by molar-refractivity contribution is 6.08. The van der Waals surface area contributed by atoms with Gasteiger partial charge >= 0.3 is 6.03 Å². The van der Waals surface area contributed by atoms with Crippen LogP contribution in [0.4, 0.5) is 27.7 Å². The SMILES string of the molecule is CCCC(C)(C)c1cc(CC(=O)N2CCOCC2)c(OC)c(NC(=O)Nc2ccc(Oc3ccnc(Nc4cccc(OC)c4)c3)c3ccccc23)c1. The van der Waals surface area contributed by atoms with E-state index in [1.165, 1.54) is 0 Å². The number of fused-ring (bicyclic) bond motifs is 1. The third kappa shape index (κ3) is 8.99. The van der Waals surface area contributed by atoms with Gasteiger partial charge in [-0.15, -0.1) is 0 Å². The molecule has 2 heterocycles. The van der Waals surface area contributed by atoms with Gasteiger partial charge in [0.15, 0.2) is 0 Å². The van der Waals surface area contributed by atoms with Crippen LogP contribution < -0.4 is 30.2 Å². The smallest absolute Gasteiger partial charge is 0.323 e. The molecule has 1 aliphatic rings. The summed E-state index contributed by atoms with van der Waals surface area (Å²) in [6, 6.07) is 26.1. The monoisotopic (exact) mass is 717 g/mol. The number of amides is 3. The number of carbonyl (C=O) groups excluding carboxylic acids is 2. The Morgan fingerprint density at radius 1 is 0.849 bits per heavy atom. The van der Waals surface area contributed by atoms with Gasteiger partial charge in [0.05, 0.1) is 45.2 Å². The average molecular weight is 718 g/mol. The van der Waals surface area contributed by atoms with Gasteiger partial charge in [-0.3, -0.25) is 4.79 Å². The third-order valence-corrected chi connectivity index (χ3v) is 9.41. The molecule has 1 aromatic heterocycles. The van der Waals surface area contributed by atoms with Crippen molar-refractivity contribution in [2.24, 2.45) is 0 Å². The quantitative estimate of drug-likeness (QED) is 0.110. The van der Waals surface area contributed by atoms with Crippen LogP contribution in [0.2, 0.25) is 0 Å². The van der Waals surface area contributed by atoms with Gasteiger partial charge < -0.3 is 39.8 Å². The number of hydrogen-bond donors (Lipinski definition) is 3. The molecule has 0 atom stereocenters. The zero-order valence-corrected chi connectivity index (χ0v) is 31.0. The minimum Gasteiger partial charge on any atom is -0.497 e. The number of pyridine rings is 1. The molecule has 0 aliphatic carbocycles. The van der Waals surface area contributed by atoms with Crippen molar-refractivity contribution >= 4 is 45.6 Å². The number of anilines is 4. The molecule has 1 aliphatic heterocycles. The Morgan fingerprint density at radius 3 is 2.38 bits per heavy atom. The van der Waals surface area contributed by atoms with E-state index in [-0.39, 0.29) is 17.7 Å². The minimum atomic E-state index is -0.444. The summed E-state index contributed by atoms with van der Waals surface area (Å²) in [4.78, 5) is 33.4. The number of benzene rings is 4. The summed E-state index contributed by atoms with van der Waals surface area (Å²) in [5.41, 5.74) is 3.48. The van der Waals surface area contributed by atoms with Crippen LogP contribution in [0.3, 0.4) is 0 Å². The molecule has 4 aromatic carbocycles. The van der Waals surface area contributed by atoms with Gasteiger partial charge in [0.1, 0.15) is 28.8 Å². The third-order valence-electron chi connectivity index (χ3n) is 9.41. The van der Waals surface area contributed by atoms with Crippen LogP contribution in [0, 0.1) is 0 Å². The Bertz CT molecular complexity index is 2080. The standard InChI is InChI=1S/C42H47N5O6/c1-6-17-42(2,3)29-23-28(24-39(48)47-19-21-52-22-20-47)40(51-5)36(25-29)46-41(49)45-35-14-15-37(34-13-8-7-12-33(34)35)53-32-16-18-43-38(27-32)44-30-10-9-11-31(26-30)50-4/h7-16,18,23,25-27H,6,17,19-22,24H2,1-5H3,(H,43,44)(H2,45,46,49). The van der Waals surface area contributed by atoms with Crippen LogP contribution in [-0.2, 0) is 21.4 Å². The van der Waals surface area contributed by atoms with Gasteiger partial charge in [0.25, 0.3) is 0 Å². The molecule has 11 nitrogen and oxygen atoms in total. The van der Waals surface area contributed by atoms with Crippen LogP contribution in [0.5, 0.6) is 23.0 Å². The predicted molar refractivity (Wildman–Crippen MR) is 209 cm³/mol. The maximum absolute atomic E-state index is 13.7. The second-order valence-corrected chi connectivity index (χ2v) is 13.6. The fraction of sp³-hybridized carbons (Fsp3) is 0.310. The number of nitrogens with one attached hydrogen (secondary N) is 3. The fourth-order valence-corrected chi connectivity index (χ4v) is 6.67. The summed E-state index contributed by atoms with van der Waals surface area (Å²) in [5.74, 6) is 3.02. The van der Waals surface area contributed by atoms with Crippen molar-refractivity contribution in [1.82, 2.24) is 9.88 Å². The summed E-state index contributed by atoms with van der Waals surface area (Å²) >= 11 is 0. The highest BCUT2D eigenvalue weighted by atomic mass is 16.5. The first-order valence-corrected chi connectivity index (χ1v) is 17.9. The topological polar surface area (TPSA) is 123 Å². The van der Waals surface area contributed by atoms with E-state index in [2.05, 4.69) is 41.7 Å². The largest absolute Gasteiger partial charge is 0.497 e. The Kier molecular flexibility index (Phi) is 11.6. The summed E-state index contributed by atoms with van der Waals surface area (Å²) < 4.78 is 23.0. The first-order chi connectivity index (χ1) is 25.7. The van der Waals surface area contributed by atoms with E-state index in [9.17, 15) is 9.59 Å². The van der Waals surface area contributed by atoms with Crippen LogP contribution in [0.15, 0.2) is 91.1 Å². The zero-order chi connectivity index (χ0) is 37.4. The molecule has 0 bridgehead atoms. The predicted octanol–water partition coefficient (Wildman–Crippen LogP) is 8.91. The molecule has 6 rings (SSSR count). The van der Waals surface area contributed by atoms with E-state index in [4.69, 9.17) is 18.9 Å². The van der Waals surface area contributed by atoms with E-state index in [0.29, 0.717) is 60.7 Å². The van der Waals surface area contributed by atoms with E-state index in [1.54, 1.807) is 26.5 Å². The van der Waals surface area contributed by atoms with Crippen molar-refractivity contribution in [1.29, 1.82) is 0 Å². The molecule has 5 aromatic rings. The first-order valence-electron chi connectivity index (χ1n) is 17.9. The number of hydrogen-bond acceptors (Lipinski definition) is 8. The van der Waals surface area contributed by atoms with Crippen molar-refractivity contribution < 1.29 is 28.5 Å². The summed E-state index contributed by atoms with van der Waals surface area (Å²) in [6.07, 6.45) is 3.75. The lowest BCUT2D eigenvalue weighted by atomic mass is 9.79. The highest BCUT2D eigenvalue weighted by Crippen LogP contribution is 2.39.